The molecule has 2 aromatic carbocycles. The number of nitrogens with zero attached hydrogens (tertiary/aromatic N) is 1. The minimum Gasteiger partial charge on any atom is -0.389 e. The highest BCUT2D eigenvalue weighted by atomic mass is 19.1. The summed E-state index contributed by atoms with van der Waals surface area (Å²) in [7, 11) is 1.97. The SMILES string of the molecule is Cc1cc(N(C)CCc2ccccc2)c([C@H](C)O)cc1F. The van der Waals surface area contributed by atoms with Gasteiger partial charge in [0.05, 0.1) is 6.10 Å². The van der Waals surface area contributed by atoms with E-state index < -0.39 is 6.10 Å². The summed E-state index contributed by atoms with van der Waals surface area (Å²) in [6.07, 6.45) is 0.224. The lowest BCUT2D eigenvalue weighted by Gasteiger charge is -2.24. The molecule has 0 unspecified atom stereocenters. The van der Waals surface area contributed by atoms with Crippen molar-refractivity contribution in [1.82, 2.24) is 0 Å². The van der Waals surface area contributed by atoms with Crippen LogP contribution in [0.2, 0.25) is 0 Å². The van der Waals surface area contributed by atoms with Crippen LogP contribution in [0.15, 0.2) is 42.5 Å². The van der Waals surface area contributed by atoms with Crippen LogP contribution in [0.1, 0.15) is 29.7 Å². The number of anilines is 1. The minimum absolute atomic E-state index is 0.272. The molecule has 3 heteroatoms. The van der Waals surface area contributed by atoms with E-state index in [1.165, 1.54) is 11.6 Å². The van der Waals surface area contributed by atoms with Crippen molar-refractivity contribution < 1.29 is 9.50 Å². The van der Waals surface area contributed by atoms with Crippen molar-refractivity contribution in [2.45, 2.75) is 26.4 Å². The van der Waals surface area contributed by atoms with Gasteiger partial charge in [0, 0.05) is 24.8 Å². The van der Waals surface area contributed by atoms with Gasteiger partial charge in [-0.15, -0.1) is 0 Å². The Labute approximate surface area is 125 Å². The van der Waals surface area contributed by atoms with Crippen LogP contribution >= 0.6 is 0 Å². The van der Waals surface area contributed by atoms with E-state index in [-0.39, 0.29) is 5.82 Å². The van der Waals surface area contributed by atoms with E-state index in [2.05, 4.69) is 17.0 Å². The molecule has 0 saturated heterocycles. The van der Waals surface area contributed by atoms with Crippen molar-refractivity contribution >= 4 is 5.69 Å². The van der Waals surface area contributed by atoms with Crippen LogP contribution in [-0.4, -0.2) is 18.7 Å². The highest BCUT2D eigenvalue weighted by molar-refractivity contribution is 5.56. The van der Waals surface area contributed by atoms with Crippen molar-refractivity contribution in [2.24, 2.45) is 0 Å². The van der Waals surface area contributed by atoms with Gasteiger partial charge in [-0.3, -0.25) is 0 Å². The summed E-state index contributed by atoms with van der Waals surface area (Å²) >= 11 is 0. The molecule has 0 fully saturated rings. The number of aliphatic hydroxyl groups excluding tert-OH is 1. The third kappa shape index (κ3) is 3.82. The number of benzene rings is 2. The first-order valence-electron chi connectivity index (χ1n) is 7.22. The van der Waals surface area contributed by atoms with Gasteiger partial charge in [-0.25, -0.2) is 4.39 Å². The molecular weight excluding hydrogens is 265 g/mol. The van der Waals surface area contributed by atoms with Gasteiger partial charge in [-0.1, -0.05) is 30.3 Å². The lowest BCUT2D eigenvalue weighted by atomic mass is 10.0. The average molecular weight is 287 g/mol. The summed E-state index contributed by atoms with van der Waals surface area (Å²) < 4.78 is 13.7. The molecule has 112 valence electrons. The normalized spacial score (nSPS) is 12.2. The average Bonchev–Trinajstić information content (AvgIpc) is 2.48. The molecule has 21 heavy (non-hydrogen) atoms. The molecule has 1 N–H and O–H groups in total. The molecule has 0 aliphatic rings. The molecule has 0 aliphatic heterocycles. The van der Waals surface area contributed by atoms with E-state index in [9.17, 15) is 9.50 Å². The Kier molecular flexibility index (Phi) is 4.97. The van der Waals surface area contributed by atoms with E-state index in [0.29, 0.717) is 11.1 Å². The predicted octanol–water partition coefficient (Wildman–Crippen LogP) is 3.87. The zero-order valence-corrected chi connectivity index (χ0v) is 12.8. The van der Waals surface area contributed by atoms with E-state index in [1.54, 1.807) is 13.8 Å². The zero-order chi connectivity index (χ0) is 15.4. The molecule has 2 rings (SSSR count). The molecule has 0 aromatic heterocycles. The number of halogens is 1. The maximum absolute atomic E-state index is 13.7. The summed E-state index contributed by atoms with van der Waals surface area (Å²) in [5, 5.41) is 9.86. The van der Waals surface area contributed by atoms with E-state index in [0.717, 1.165) is 18.7 Å². The summed E-state index contributed by atoms with van der Waals surface area (Å²) in [6, 6.07) is 13.5. The van der Waals surface area contributed by atoms with Crippen LogP contribution in [-0.2, 0) is 6.42 Å². The van der Waals surface area contributed by atoms with Crippen molar-refractivity contribution in [2.75, 3.05) is 18.5 Å². The first-order valence-corrected chi connectivity index (χ1v) is 7.22. The Balaban J connectivity index is 2.18. The predicted molar refractivity (Wildman–Crippen MR) is 85.2 cm³/mol. The Morgan fingerprint density at radius 1 is 1.19 bits per heavy atom. The summed E-state index contributed by atoms with van der Waals surface area (Å²) in [5.41, 5.74) is 3.39. The van der Waals surface area contributed by atoms with Crippen molar-refractivity contribution in [3.63, 3.8) is 0 Å². The second-order valence-corrected chi connectivity index (χ2v) is 5.49. The molecule has 0 saturated carbocycles. The van der Waals surface area contributed by atoms with Crippen molar-refractivity contribution in [3.8, 4) is 0 Å². The third-order valence-corrected chi connectivity index (χ3v) is 3.75. The Bertz CT molecular complexity index is 596. The fourth-order valence-electron chi connectivity index (χ4n) is 2.41. The van der Waals surface area contributed by atoms with Gasteiger partial charge in [-0.05, 0) is 43.5 Å². The maximum atomic E-state index is 13.7. The summed E-state index contributed by atoms with van der Waals surface area (Å²) in [5.74, 6) is -0.272. The van der Waals surface area contributed by atoms with Crippen LogP contribution in [0.3, 0.4) is 0 Å². The zero-order valence-electron chi connectivity index (χ0n) is 12.8. The van der Waals surface area contributed by atoms with Crippen LogP contribution in [0.25, 0.3) is 0 Å². The van der Waals surface area contributed by atoms with E-state index >= 15 is 0 Å². The molecule has 0 amide bonds. The quantitative estimate of drug-likeness (QED) is 0.902. The fraction of sp³-hybridized carbons (Fsp3) is 0.333. The number of hydrogen-bond donors (Lipinski definition) is 1. The molecule has 0 heterocycles. The van der Waals surface area contributed by atoms with Gasteiger partial charge in [0.25, 0.3) is 0 Å². The van der Waals surface area contributed by atoms with Gasteiger partial charge < -0.3 is 10.0 Å². The van der Waals surface area contributed by atoms with Gasteiger partial charge in [-0.2, -0.15) is 0 Å². The number of hydrogen-bond acceptors (Lipinski definition) is 2. The monoisotopic (exact) mass is 287 g/mol. The van der Waals surface area contributed by atoms with Gasteiger partial charge in [0.1, 0.15) is 5.82 Å². The minimum atomic E-state index is -0.686. The summed E-state index contributed by atoms with van der Waals surface area (Å²) in [6.45, 7) is 4.23. The first-order chi connectivity index (χ1) is 9.99. The second-order valence-electron chi connectivity index (χ2n) is 5.49. The maximum Gasteiger partial charge on any atom is 0.126 e. The summed E-state index contributed by atoms with van der Waals surface area (Å²) in [4.78, 5) is 2.07. The van der Waals surface area contributed by atoms with Crippen molar-refractivity contribution in [1.29, 1.82) is 0 Å². The number of aryl methyl sites for hydroxylation is 1. The standard InChI is InChI=1S/C18H22FNO/c1-13-11-18(16(14(2)21)12-17(13)19)20(3)10-9-15-7-5-4-6-8-15/h4-8,11-12,14,21H,9-10H2,1-3H3/t14-/m0/s1. The van der Waals surface area contributed by atoms with Crippen LogP contribution in [0.4, 0.5) is 10.1 Å². The molecule has 2 aromatic rings. The fourth-order valence-corrected chi connectivity index (χ4v) is 2.41. The van der Waals surface area contributed by atoms with Crippen molar-refractivity contribution in [3.05, 3.63) is 65.0 Å². The largest absolute Gasteiger partial charge is 0.389 e. The van der Waals surface area contributed by atoms with E-state index in [1.807, 2.05) is 31.3 Å². The first kappa shape index (κ1) is 15.5. The van der Waals surface area contributed by atoms with E-state index in [4.69, 9.17) is 0 Å². The smallest absolute Gasteiger partial charge is 0.126 e. The lowest BCUT2D eigenvalue weighted by Crippen LogP contribution is -2.22. The highest BCUT2D eigenvalue weighted by Gasteiger charge is 2.14. The highest BCUT2D eigenvalue weighted by Crippen LogP contribution is 2.28. The number of rotatable bonds is 5. The molecule has 1 atom stereocenters. The van der Waals surface area contributed by atoms with Crippen LogP contribution < -0.4 is 4.90 Å². The lowest BCUT2D eigenvalue weighted by molar-refractivity contribution is 0.199. The van der Waals surface area contributed by atoms with Gasteiger partial charge >= 0.3 is 0 Å². The Morgan fingerprint density at radius 3 is 2.48 bits per heavy atom. The Morgan fingerprint density at radius 2 is 1.86 bits per heavy atom. The molecule has 0 spiro atoms. The number of aliphatic hydroxyl groups is 1. The molecule has 0 radical (unpaired) electrons. The molecule has 0 bridgehead atoms. The number of likely N-dealkylation sites (N-methyl/N-ethyl adjacent to an activating group) is 1. The third-order valence-electron chi connectivity index (χ3n) is 3.75. The molecule has 0 aliphatic carbocycles. The van der Waals surface area contributed by atoms with Gasteiger partial charge in [0.2, 0.25) is 0 Å². The van der Waals surface area contributed by atoms with Gasteiger partial charge in [0.15, 0.2) is 0 Å². The Hall–Kier alpha value is -1.87. The molecular formula is C18H22FNO. The topological polar surface area (TPSA) is 23.5 Å². The van der Waals surface area contributed by atoms with Crippen LogP contribution in [0.5, 0.6) is 0 Å². The second kappa shape index (κ2) is 6.72. The molecule has 2 nitrogen and oxygen atoms in total. The van der Waals surface area contributed by atoms with Crippen LogP contribution in [0, 0.1) is 12.7 Å².